The molecule has 2 aliphatic rings. The van der Waals surface area contributed by atoms with Gasteiger partial charge in [0.25, 0.3) is 0 Å². The summed E-state index contributed by atoms with van der Waals surface area (Å²) in [5.74, 6) is 2.33. The van der Waals surface area contributed by atoms with Gasteiger partial charge in [-0.25, -0.2) is 0 Å². The van der Waals surface area contributed by atoms with Crippen LogP contribution in [0.2, 0.25) is 0 Å². The van der Waals surface area contributed by atoms with Crippen LogP contribution in [0.15, 0.2) is 70.4 Å². The molecule has 1 nitrogen and oxygen atoms in total. The third-order valence-electron chi connectivity index (χ3n) is 4.83. The summed E-state index contributed by atoms with van der Waals surface area (Å²) >= 11 is 7.99. The Balaban J connectivity index is 1.59. The van der Waals surface area contributed by atoms with E-state index in [1.165, 1.54) is 27.8 Å². The van der Waals surface area contributed by atoms with E-state index >= 15 is 0 Å². The Bertz CT molecular complexity index is 725. The lowest BCUT2D eigenvalue weighted by molar-refractivity contribution is 0.697. The molecule has 1 aromatic carbocycles. The van der Waals surface area contributed by atoms with Crippen LogP contribution < -0.4 is 5.73 Å². The predicted octanol–water partition coefficient (Wildman–Crippen LogP) is 5.86. The molecule has 126 valence electrons. The van der Waals surface area contributed by atoms with E-state index in [-0.39, 0.29) is 0 Å². The van der Waals surface area contributed by atoms with E-state index in [4.69, 9.17) is 17.3 Å². The molecule has 0 heterocycles. The summed E-state index contributed by atoms with van der Waals surface area (Å²) in [7, 11) is 0. The van der Waals surface area contributed by atoms with Crippen molar-refractivity contribution in [3.05, 3.63) is 81.6 Å². The number of hydrogen-bond donors (Lipinski definition) is 1. The van der Waals surface area contributed by atoms with Crippen LogP contribution in [0.5, 0.6) is 0 Å². The first kappa shape index (κ1) is 17.4. The molecule has 2 N–H and O–H groups in total. The molecule has 2 aliphatic carbocycles. The summed E-state index contributed by atoms with van der Waals surface area (Å²) in [5.41, 5.74) is 13.9. The smallest absolute Gasteiger partial charge is 0.0207 e. The van der Waals surface area contributed by atoms with Gasteiger partial charge < -0.3 is 5.73 Å². The summed E-state index contributed by atoms with van der Waals surface area (Å²) in [6.45, 7) is 6.47. The second kappa shape index (κ2) is 7.67. The summed E-state index contributed by atoms with van der Waals surface area (Å²) in [4.78, 5) is 0. The van der Waals surface area contributed by atoms with E-state index in [9.17, 15) is 0 Å². The Labute approximate surface area is 154 Å². The zero-order valence-electron chi connectivity index (χ0n) is 14.1. The molecule has 24 heavy (non-hydrogen) atoms. The molecule has 0 amide bonds. The van der Waals surface area contributed by atoms with Gasteiger partial charge in [0.15, 0.2) is 0 Å². The predicted molar refractivity (Wildman–Crippen MR) is 107 cm³/mol. The molecule has 0 spiro atoms. The third kappa shape index (κ3) is 3.99. The van der Waals surface area contributed by atoms with Crippen molar-refractivity contribution in [2.24, 2.45) is 11.7 Å². The highest BCUT2D eigenvalue weighted by atomic mass is 35.5. The Morgan fingerprint density at radius 2 is 1.92 bits per heavy atom. The minimum absolute atomic E-state index is 0.376. The SMILES string of the molecule is C=C1C(CSCc2ccc(C)cc2)=C(N)CC1C1=CC=C(Cl)CC1. The van der Waals surface area contributed by atoms with Crippen molar-refractivity contribution in [2.75, 3.05) is 5.75 Å². The normalized spacial score (nSPS) is 21.1. The van der Waals surface area contributed by atoms with Crippen molar-refractivity contribution in [3.63, 3.8) is 0 Å². The number of benzene rings is 1. The van der Waals surface area contributed by atoms with Gasteiger partial charge in [-0.2, -0.15) is 11.8 Å². The number of hydrogen-bond acceptors (Lipinski definition) is 2. The lowest BCUT2D eigenvalue weighted by Gasteiger charge is -2.20. The average molecular weight is 358 g/mol. The molecule has 1 unspecified atom stereocenters. The minimum atomic E-state index is 0.376. The second-order valence-corrected chi connectivity index (χ2v) is 8.09. The zero-order chi connectivity index (χ0) is 17.1. The van der Waals surface area contributed by atoms with Crippen molar-refractivity contribution in [1.29, 1.82) is 0 Å². The van der Waals surface area contributed by atoms with E-state index in [1.807, 2.05) is 17.8 Å². The molecule has 0 fully saturated rings. The van der Waals surface area contributed by atoms with Crippen LogP contribution in [0.25, 0.3) is 0 Å². The Morgan fingerprint density at radius 3 is 2.58 bits per heavy atom. The fraction of sp³-hybridized carbons (Fsp3) is 0.333. The molecule has 0 bridgehead atoms. The molecule has 0 aromatic heterocycles. The van der Waals surface area contributed by atoms with Crippen molar-refractivity contribution in [1.82, 2.24) is 0 Å². The maximum Gasteiger partial charge on any atom is 0.0207 e. The van der Waals surface area contributed by atoms with Crippen LogP contribution in [0, 0.1) is 12.8 Å². The Hall–Kier alpha value is -1.38. The van der Waals surface area contributed by atoms with E-state index in [0.717, 1.165) is 41.5 Å². The number of allylic oxidation sites excluding steroid dienone is 6. The van der Waals surface area contributed by atoms with Crippen molar-refractivity contribution < 1.29 is 0 Å². The minimum Gasteiger partial charge on any atom is -0.402 e. The molecule has 3 heteroatoms. The van der Waals surface area contributed by atoms with Gasteiger partial charge in [-0.3, -0.25) is 0 Å². The molecule has 0 saturated heterocycles. The molecule has 3 rings (SSSR count). The van der Waals surface area contributed by atoms with Crippen molar-refractivity contribution in [3.8, 4) is 0 Å². The Kier molecular flexibility index (Phi) is 5.57. The highest BCUT2D eigenvalue weighted by Crippen LogP contribution is 2.42. The van der Waals surface area contributed by atoms with Gasteiger partial charge in [-0.1, -0.05) is 59.7 Å². The monoisotopic (exact) mass is 357 g/mol. The van der Waals surface area contributed by atoms with Crippen molar-refractivity contribution in [2.45, 2.75) is 31.9 Å². The van der Waals surface area contributed by atoms with E-state index < -0.39 is 0 Å². The number of thioether (sulfide) groups is 1. The first-order valence-corrected chi connectivity index (χ1v) is 9.93. The summed E-state index contributed by atoms with van der Waals surface area (Å²) in [6.07, 6.45) is 7.06. The van der Waals surface area contributed by atoms with Gasteiger partial charge in [0.1, 0.15) is 0 Å². The molecular weight excluding hydrogens is 334 g/mol. The first-order chi connectivity index (χ1) is 11.5. The van der Waals surface area contributed by atoms with Crippen LogP contribution >= 0.6 is 23.4 Å². The molecule has 1 atom stereocenters. The third-order valence-corrected chi connectivity index (χ3v) is 6.18. The number of aryl methyl sites for hydroxylation is 1. The maximum atomic E-state index is 6.33. The number of nitrogens with two attached hydrogens (primary N) is 1. The van der Waals surface area contributed by atoms with Crippen LogP contribution in [-0.2, 0) is 5.75 Å². The molecule has 0 aliphatic heterocycles. The quantitative estimate of drug-likeness (QED) is 0.714. The van der Waals surface area contributed by atoms with Crippen LogP contribution in [0.3, 0.4) is 0 Å². The summed E-state index contributed by atoms with van der Waals surface area (Å²) < 4.78 is 0. The lowest BCUT2D eigenvalue weighted by atomic mass is 9.87. The van der Waals surface area contributed by atoms with Gasteiger partial charge in [-0.15, -0.1) is 0 Å². The maximum absolute atomic E-state index is 6.33. The zero-order valence-corrected chi connectivity index (χ0v) is 15.7. The van der Waals surface area contributed by atoms with E-state index in [0.29, 0.717) is 5.92 Å². The van der Waals surface area contributed by atoms with Gasteiger partial charge in [0.05, 0.1) is 0 Å². The second-order valence-electron chi connectivity index (χ2n) is 6.62. The van der Waals surface area contributed by atoms with E-state index in [1.54, 1.807) is 0 Å². The highest BCUT2D eigenvalue weighted by molar-refractivity contribution is 7.98. The van der Waals surface area contributed by atoms with Crippen LogP contribution in [0.4, 0.5) is 0 Å². The molecule has 0 radical (unpaired) electrons. The van der Waals surface area contributed by atoms with Gasteiger partial charge in [0.2, 0.25) is 0 Å². The van der Waals surface area contributed by atoms with E-state index in [2.05, 4.69) is 43.8 Å². The lowest BCUT2D eigenvalue weighted by Crippen LogP contribution is -2.06. The molecular formula is C21H24ClNS. The number of halogens is 1. The molecule has 0 saturated carbocycles. The van der Waals surface area contributed by atoms with Crippen molar-refractivity contribution >= 4 is 23.4 Å². The fourth-order valence-corrected chi connectivity index (χ4v) is 4.56. The standard InChI is InChI=1S/C21H24ClNS/c1-14-3-5-16(6-4-14)12-24-13-20-15(2)19(11-21(20)23)17-7-9-18(22)10-8-17/h3-7,9,19H,2,8,10-13,23H2,1H3. The summed E-state index contributed by atoms with van der Waals surface area (Å²) in [6, 6.07) is 8.75. The van der Waals surface area contributed by atoms with Gasteiger partial charge in [-0.05, 0) is 49.0 Å². The topological polar surface area (TPSA) is 26.0 Å². The van der Waals surface area contributed by atoms with Gasteiger partial charge in [0, 0.05) is 28.2 Å². The largest absolute Gasteiger partial charge is 0.402 e. The van der Waals surface area contributed by atoms with Gasteiger partial charge >= 0.3 is 0 Å². The fourth-order valence-electron chi connectivity index (χ4n) is 3.30. The average Bonchev–Trinajstić information content (AvgIpc) is 2.85. The number of rotatable bonds is 5. The van der Waals surface area contributed by atoms with Crippen LogP contribution in [-0.4, -0.2) is 5.75 Å². The molecule has 1 aromatic rings. The highest BCUT2D eigenvalue weighted by Gasteiger charge is 2.29. The summed E-state index contributed by atoms with van der Waals surface area (Å²) in [5, 5.41) is 0.942. The van der Waals surface area contributed by atoms with Crippen LogP contribution in [0.1, 0.15) is 30.4 Å². The first-order valence-electron chi connectivity index (χ1n) is 8.39. The Morgan fingerprint density at radius 1 is 1.17 bits per heavy atom.